The lowest BCUT2D eigenvalue weighted by Crippen LogP contribution is -2.31. The van der Waals surface area contributed by atoms with Crippen LogP contribution in [-0.2, 0) is 9.53 Å². The van der Waals surface area contributed by atoms with Crippen LogP contribution < -0.4 is 14.8 Å². The van der Waals surface area contributed by atoms with E-state index in [1.807, 2.05) is 6.07 Å². The van der Waals surface area contributed by atoms with E-state index in [4.69, 9.17) is 37.4 Å². The van der Waals surface area contributed by atoms with E-state index >= 15 is 0 Å². The van der Waals surface area contributed by atoms with Crippen LogP contribution >= 0.6 is 23.2 Å². The van der Waals surface area contributed by atoms with Crippen molar-refractivity contribution < 1.29 is 23.8 Å². The van der Waals surface area contributed by atoms with Crippen LogP contribution in [0.4, 0.5) is 0 Å². The number of carbonyl (C=O) groups is 2. The number of pyridine rings is 1. The first kappa shape index (κ1) is 18.3. The van der Waals surface area contributed by atoms with E-state index in [1.54, 1.807) is 19.1 Å². The highest BCUT2D eigenvalue weighted by molar-refractivity contribution is 6.41. The first-order valence-electron chi connectivity index (χ1n) is 7.61. The third-order valence-electron chi connectivity index (χ3n) is 3.64. The number of halogens is 2. The molecule has 26 heavy (non-hydrogen) atoms. The summed E-state index contributed by atoms with van der Waals surface area (Å²) < 4.78 is 15.5. The SMILES string of the molecule is C[C@@H](NC(=O)COC(=O)c1cnc(Cl)c(Cl)c1)c1ccc2c(c1)OCO2. The van der Waals surface area contributed by atoms with Gasteiger partial charge < -0.3 is 19.5 Å². The van der Waals surface area contributed by atoms with Gasteiger partial charge in [0.1, 0.15) is 5.15 Å². The number of nitrogens with zero attached hydrogens (tertiary/aromatic N) is 1. The lowest BCUT2D eigenvalue weighted by Gasteiger charge is -2.15. The summed E-state index contributed by atoms with van der Waals surface area (Å²) in [6.07, 6.45) is 1.23. The Bertz CT molecular complexity index is 859. The van der Waals surface area contributed by atoms with Gasteiger partial charge in [-0.25, -0.2) is 9.78 Å². The number of rotatable bonds is 5. The largest absolute Gasteiger partial charge is 0.454 e. The zero-order chi connectivity index (χ0) is 18.7. The highest BCUT2D eigenvalue weighted by atomic mass is 35.5. The Labute approximate surface area is 159 Å². The predicted octanol–water partition coefficient (Wildman–Crippen LogP) is 3.15. The number of ether oxygens (including phenoxy) is 3. The number of fused-ring (bicyclic) bond motifs is 1. The molecule has 1 N–H and O–H groups in total. The van der Waals surface area contributed by atoms with Crippen molar-refractivity contribution in [3.05, 3.63) is 51.8 Å². The van der Waals surface area contributed by atoms with Gasteiger partial charge in [0, 0.05) is 6.20 Å². The topological polar surface area (TPSA) is 86.8 Å². The van der Waals surface area contributed by atoms with Gasteiger partial charge in [0.05, 0.1) is 16.6 Å². The Balaban J connectivity index is 1.53. The summed E-state index contributed by atoms with van der Waals surface area (Å²) in [6.45, 7) is 1.55. The average Bonchev–Trinajstić information content (AvgIpc) is 3.09. The smallest absolute Gasteiger partial charge is 0.340 e. The average molecular weight is 397 g/mol. The summed E-state index contributed by atoms with van der Waals surface area (Å²) in [5, 5.41) is 2.95. The van der Waals surface area contributed by atoms with Gasteiger partial charge in [-0.2, -0.15) is 0 Å². The fraction of sp³-hybridized carbons (Fsp3) is 0.235. The summed E-state index contributed by atoms with van der Waals surface area (Å²) in [5.41, 5.74) is 0.943. The molecule has 0 spiro atoms. The summed E-state index contributed by atoms with van der Waals surface area (Å²) in [6, 6.07) is 6.42. The molecule has 1 aliphatic rings. The summed E-state index contributed by atoms with van der Waals surface area (Å²) >= 11 is 11.5. The molecule has 0 saturated heterocycles. The van der Waals surface area contributed by atoms with Crippen molar-refractivity contribution in [1.82, 2.24) is 10.3 Å². The van der Waals surface area contributed by atoms with E-state index in [9.17, 15) is 9.59 Å². The van der Waals surface area contributed by atoms with E-state index < -0.39 is 18.5 Å². The van der Waals surface area contributed by atoms with Crippen LogP contribution in [0.5, 0.6) is 11.5 Å². The molecule has 0 radical (unpaired) electrons. The van der Waals surface area contributed by atoms with Crippen molar-refractivity contribution >= 4 is 35.1 Å². The van der Waals surface area contributed by atoms with Gasteiger partial charge in [-0.15, -0.1) is 0 Å². The van der Waals surface area contributed by atoms with E-state index in [0.717, 1.165) is 5.56 Å². The highest BCUT2D eigenvalue weighted by Gasteiger charge is 2.18. The van der Waals surface area contributed by atoms with Gasteiger partial charge in [-0.1, -0.05) is 29.3 Å². The molecule has 0 aliphatic carbocycles. The van der Waals surface area contributed by atoms with Gasteiger partial charge in [-0.05, 0) is 30.7 Å². The van der Waals surface area contributed by atoms with Crippen LogP contribution in [0, 0.1) is 0 Å². The summed E-state index contributed by atoms with van der Waals surface area (Å²) in [7, 11) is 0. The molecule has 1 atom stereocenters. The Morgan fingerprint density at radius 1 is 1.27 bits per heavy atom. The summed E-state index contributed by atoms with van der Waals surface area (Å²) in [5.74, 6) is 0.122. The number of amides is 1. The second-order valence-corrected chi connectivity index (χ2v) is 6.24. The molecule has 1 amide bonds. The maximum Gasteiger partial charge on any atom is 0.340 e. The van der Waals surface area contributed by atoms with Crippen molar-refractivity contribution in [2.24, 2.45) is 0 Å². The van der Waals surface area contributed by atoms with Crippen LogP contribution in [0.15, 0.2) is 30.5 Å². The zero-order valence-electron chi connectivity index (χ0n) is 13.6. The molecule has 1 aromatic carbocycles. The van der Waals surface area contributed by atoms with E-state index in [2.05, 4.69) is 10.3 Å². The lowest BCUT2D eigenvalue weighted by atomic mass is 10.1. The maximum atomic E-state index is 12.0. The molecule has 0 saturated carbocycles. The third-order valence-corrected chi connectivity index (χ3v) is 4.33. The molecular formula is C17H14Cl2N2O5. The van der Waals surface area contributed by atoms with E-state index in [1.165, 1.54) is 12.3 Å². The van der Waals surface area contributed by atoms with Gasteiger partial charge in [0.2, 0.25) is 6.79 Å². The fourth-order valence-corrected chi connectivity index (χ4v) is 2.57. The lowest BCUT2D eigenvalue weighted by molar-refractivity contribution is -0.124. The fourth-order valence-electron chi connectivity index (χ4n) is 2.30. The molecule has 2 aromatic rings. The Hall–Kier alpha value is -2.51. The van der Waals surface area contributed by atoms with Gasteiger partial charge in [0.15, 0.2) is 18.1 Å². The molecule has 3 rings (SSSR count). The molecular weight excluding hydrogens is 383 g/mol. The molecule has 136 valence electrons. The standard InChI is InChI=1S/C17H14Cl2N2O5/c1-9(10-2-3-13-14(5-10)26-8-25-13)21-15(22)7-24-17(23)11-4-12(18)16(19)20-6-11/h2-6,9H,7-8H2,1H3,(H,21,22)/t9-/m1/s1. The minimum atomic E-state index is -0.720. The van der Waals surface area contributed by atoms with Gasteiger partial charge in [0.25, 0.3) is 5.91 Å². The Morgan fingerprint density at radius 3 is 2.81 bits per heavy atom. The van der Waals surface area contributed by atoms with Crippen LogP contribution in [0.2, 0.25) is 10.2 Å². The molecule has 0 fully saturated rings. The number of aromatic nitrogens is 1. The van der Waals surface area contributed by atoms with E-state index in [-0.39, 0.29) is 28.6 Å². The van der Waals surface area contributed by atoms with E-state index in [0.29, 0.717) is 11.5 Å². The number of hydrogen-bond donors (Lipinski definition) is 1. The highest BCUT2D eigenvalue weighted by Crippen LogP contribution is 2.34. The molecule has 9 heteroatoms. The molecule has 1 aliphatic heterocycles. The molecule has 2 heterocycles. The molecule has 0 bridgehead atoms. The number of hydrogen-bond acceptors (Lipinski definition) is 6. The van der Waals surface area contributed by atoms with Gasteiger partial charge >= 0.3 is 5.97 Å². The number of carbonyl (C=O) groups excluding carboxylic acids is 2. The minimum Gasteiger partial charge on any atom is -0.454 e. The Kier molecular flexibility index (Phi) is 5.49. The molecule has 7 nitrogen and oxygen atoms in total. The van der Waals surface area contributed by atoms with Crippen LogP contribution in [0.25, 0.3) is 0 Å². The normalized spacial score (nSPS) is 13.2. The third kappa shape index (κ3) is 4.17. The number of esters is 1. The van der Waals surface area contributed by atoms with Crippen molar-refractivity contribution in [3.63, 3.8) is 0 Å². The van der Waals surface area contributed by atoms with Crippen LogP contribution in [0.1, 0.15) is 28.9 Å². The maximum absolute atomic E-state index is 12.0. The van der Waals surface area contributed by atoms with Gasteiger partial charge in [-0.3, -0.25) is 4.79 Å². The summed E-state index contributed by atoms with van der Waals surface area (Å²) in [4.78, 5) is 27.7. The van der Waals surface area contributed by atoms with Crippen LogP contribution in [-0.4, -0.2) is 30.3 Å². The zero-order valence-corrected chi connectivity index (χ0v) is 15.1. The predicted molar refractivity (Wildman–Crippen MR) is 93.7 cm³/mol. The number of benzene rings is 1. The van der Waals surface area contributed by atoms with Crippen molar-refractivity contribution in [2.75, 3.05) is 13.4 Å². The second-order valence-electron chi connectivity index (χ2n) is 5.47. The second kappa shape index (κ2) is 7.80. The monoisotopic (exact) mass is 396 g/mol. The molecule has 0 unspecified atom stereocenters. The van der Waals surface area contributed by atoms with Crippen molar-refractivity contribution in [2.45, 2.75) is 13.0 Å². The first-order chi connectivity index (χ1) is 12.4. The van der Waals surface area contributed by atoms with Crippen molar-refractivity contribution in [1.29, 1.82) is 0 Å². The quantitative estimate of drug-likeness (QED) is 0.616. The first-order valence-corrected chi connectivity index (χ1v) is 8.36. The van der Waals surface area contributed by atoms with Crippen molar-refractivity contribution in [3.8, 4) is 11.5 Å². The minimum absolute atomic E-state index is 0.0820. The number of nitrogens with one attached hydrogen (secondary N) is 1. The Morgan fingerprint density at radius 2 is 2.04 bits per heavy atom. The van der Waals surface area contributed by atoms with Crippen LogP contribution in [0.3, 0.4) is 0 Å². The molecule has 1 aromatic heterocycles.